The molecule has 2 heterocycles. The Hall–Kier alpha value is -3.00. The molecule has 0 saturated carbocycles. The molecule has 2 aromatic carbocycles. The lowest BCUT2D eigenvalue weighted by Crippen LogP contribution is -2.15. The van der Waals surface area contributed by atoms with E-state index >= 15 is 0 Å². The molecule has 2 aromatic heterocycles. The van der Waals surface area contributed by atoms with Crippen LogP contribution in [-0.2, 0) is 13.3 Å². The fourth-order valence-corrected chi connectivity index (χ4v) is 3.42. The molecule has 4 rings (SSSR count). The third-order valence-corrected chi connectivity index (χ3v) is 5.36. The van der Waals surface area contributed by atoms with E-state index in [9.17, 15) is 4.79 Å². The quantitative estimate of drug-likeness (QED) is 0.361. The van der Waals surface area contributed by atoms with E-state index in [0.29, 0.717) is 27.4 Å². The lowest BCUT2D eigenvalue weighted by molar-refractivity contribution is 0.101. The van der Waals surface area contributed by atoms with Gasteiger partial charge in [0.1, 0.15) is 10.8 Å². The molecule has 0 aliphatic heterocycles. The molecule has 0 aliphatic carbocycles. The number of amides is 1. The highest BCUT2D eigenvalue weighted by molar-refractivity contribution is 6.33. The van der Waals surface area contributed by atoms with Gasteiger partial charge in [0, 0.05) is 17.4 Å². The van der Waals surface area contributed by atoms with Gasteiger partial charge in [-0.2, -0.15) is 10.2 Å². The van der Waals surface area contributed by atoms with Crippen molar-refractivity contribution >= 4 is 46.5 Å². The molecule has 7 nitrogen and oxygen atoms in total. The number of carbonyl (C=O) groups is 1. The normalized spacial score (nSPS) is 10.9. The van der Waals surface area contributed by atoms with E-state index in [4.69, 9.17) is 39.5 Å². The largest absolute Gasteiger partial charge is 0.470 e. The first-order valence-corrected chi connectivity index (χ1v) is 10.7. The third kappa shape index (κ3) is 5.43. The third-order valence-electron chi connectivity index (χ3n) is 4.52. The molecule has 0 radical (unpaired) electrons. The maximum Gasteiger partial charge on any atom is 0.277 e. The zero-order valence-electron chi connectivity index (χ0n) is 16.9. The van der Waals surface area contributed by atoms with Crippen LogP contribution in [-0.4, -0.2) is 25.5 Å². The minimum atomic E-state index is -0.434. The summed E-state index contributed by atoms with van der Waals surface area (Å²) in [5.74, 6) is 0.366. The van der Waals surface area contributed by atoms with Crippen molar-refractivity contribution in [2.24, 2.45) is 0 Å². The van der Waals surface area contributed by atoms with Crippen molar-refractivity contribution in [3.63, 3.8) is 0 Å². The highest BCUT2D eigenvalue weighted by Gasteiger charge is 2.15. The predicted octanol–water partition coefficient (Wildman–Crippen LogP) is 5.69. The lowest BCUT2D eigenvalue weighted by Gasteiger charge is -2.08. The van der Waals surface area contributed by atoms with Crippen LogP contribution in [0.3, 0.4) is 0 Å². The Morgan fingerprint density at radius 1 is 1.00 bits per heavy atom. The van der Waals surface area contributed by atoms with Crippen LogP contribution in [0.2, 0.25) is 15.1 Å². The first-order valence-electron chi connectivity index (χ1n) is 9.58. The zero-order chi connectivity index (χ0) is 22.7. The first-order chi connectivity index (χ1) is 15.4. The first kappa shape index (κ1) is 22.2. The number of rotatable bonds is 7. The number of benzene rings is 2. The van der Waals surface area contributed by atoms with Crippen LogP contribution in [0, 0.1) is 6.92 Å². The highest BCUT2D eigenvalue weighted by atomic mass is 35.5. The van der Waals surface area contributed by atoms with Crippen LogP contribution in [0.15, 0.2) is 60.9 Å². The summed E-state index contributed by atoms with van der Waals surface area (Å²) in [4.78, 5) is 12.6. The number of anilines is 1. The second-order valence-corrected chi connectivity index (χ2v) is 8.30. The Bertz CT molecular complexity index is 1250. The van der Waals surface area contributed by atoms with E-state index in [1.165, 1.54) is 4.68 Å². The van der Waals surface area contributed by atoms with Gasteiger partial charge in [-0.3, -0.25) is 9.48 Å². The van der Waals surface area contributed by atoms with Gasteiger partial charge in [-0.1, -0.05) is 53.0 Å². The molecule has 0 fully saturated rings. The van der Waals surface area contributed by atoms with Crippen molar-refractivity contribution in [1.82, 2.24) is 19.6 Å². The van der Waals surface area contributed by atoms with Crippen LogP contribution < -0.4 is 10.1 Å². The molecular weight excluding hydrogens is 473 g/mol. The summed E-state index contributed by atoms with van der Waals surface area (Å²) in [6.07, 6.45) is 3.28. The SMILES string of the molecule is Cc1ccc(Cl)c(OCn2ccc(C(=O)Nc3nn(Cc4ccc(Cl)cc4)cc3Cl)n2)c1. The number of carbonyl (C=O) groups excluding carboxylic acids is 1. The number of hydrogen-bond acceptors (Lipinski definition) is 4. The van der Waals surface area contributed by atoms with Gasteiger partial charge in [-0.05, 0) is 48.4 Å². The Kier molecular flexibility index (Phi) is 6.69. The Balaban J connectivity index is 1.38. The van der Waals surface area contributed by atoms with E-state index in [1.54, 1.807) is 41.3 Å². The van der Waals surface area contributed by atoms with Crippen molar-refractivity contribution in [3.8, 4) is 5.75 Å². The highest BCUT2D eigenvalue weighted by Crippen LogP contribution is 2.25. The number of hydrogen-bond donors (Lipinski definition) is 1. The number of aromatic nitrogens is 4. The predicted molar refractivity (Wildman–Crippen MR) is 125 cm³/mol. The van der Waals surface area contributed by atoms with Gasteiger partial charge in [-0.15, -0.1) is 0 Å². The van der Waals surface area contributed by atoms with Gasteiger partial charge >= 0.3 is 0 Å². The molecular formula is C22H18Cl3N5O2. The fourth-order valence-electron chi connectivity index (χ4n) is 2.92. The van der Waals surface area contributed by atoms with E-state index < -0.39 is 5.91 Å². The van der Waals surface area contributed by atoms with Gasteiger partial charge < -0.3 is 10.1 Å². The van der Waals surface area contributed by atoms with Crippen LogP contribution in [0.5, 0.6) is 5.75 Å². The minimum absolute atomic E-state index is 0.104. The number of nitrogens with zero attached hydrogens (tertiary/aromatic N) is 4. The van der Waals surface area contributed by atoms with Crippen molar-refractivity contribution in [2.75, 3.05) is 5.32 Å². The fraction of sp³-hybridized carbons (Fsp3) is 0.136. The monoisotopic (exact) mass is 489 g/mol. The summed E-state index contributed by atoms with van der Waals surface area (Å²) in [5, 5.41) is 12.7. The van der Waals surface area contributed by atoms with Crippen LogP contribution in [0.25, 0.3) is 0 Å². The van der Waals surface area contributed by atoms with Crippen LogP contribution in [0.1, 0.15) is 21.6 Å². The molecule has 164 valence electrons. The van der Waals surface area contributed by atoms with E-state index in [2.05, 4.69) is 15.5 Å². The summed E-state index contributed by atoms with van der Waals surface area (Å²) in [6, 6.07) is 14.5. The van der Waals surface area contributed by atoms with Gasteiger partial charge in [0.05, 0.1) is 11.6 Å². The molecule has 0 saturated heterocycles. The molecule has 32 heavy (non-hydrogen) atoms. The average Bonchev–Trinajstić information content (AvgIpc) is 3.37. The lowest BCUT2D eigenvalue weighted by atomic mass is 10.2. The van der Waals surface area contributed by atoms with Gasteiger partial charge in [0.25, 0.3) is 5.91 Å². The second-order valence-electron chi connectivity index (χ2n) is 7.05. The molecule has 1 amide bonds. The molecule has 0 unspecified atom stereocenters. The molecule has 0 bridgehead atoms. The van der Waals surface area contributed by atoms with E-state index in [-0.39, 0.29) is 18.2 Å². The number of halogens is 3. The average molecular weight is 491 g/mol. The second kappa shape index (κ2) is 9.65. The minimum Gasteiger partial charge on any atom is -0.470 e. The molecule has 10 heteroatoms. The van der Waals surface area contributed by atoms with Gasteiger partial charge in [-0.25, -0.2) is 4.68 Å². The van der Waals surface area contributed by atoms with Crippen molar-refractivity contribution in [2.45, 2.75) is 20.2 Å². The Morgan fingerprint density at radius 2 is 1.78 bits per heavy atom. The summed E-state index contributed by atoms with van der Waals surface area (Å²) >= 11 is 18.3. The number of ether oxygens (including phenoxy) is 1. The van der Waals surface area contributed by atoms with Crippen molar-refractivity contribution in [1.29, 1.82) is 0 Å². The summed E-state index contributed by atoms with van der Waals surface area (Å²) in [6.45, 7) is 2.54. The summed E-state index contributed by atoms with van der Waals surface area (Å²) in [5.41, 5.74) is 2.23. The molecule has 0 spiro atoms. The number of nitrogens with one attached hydrogen (secondary N) is 1. The van der Waals surface area contributed by atoms with E-state index in [0.717, 1.165) is 11.1 Å². The molecule has 1 N–H and O–H groups in total. The van der Waals surface area contributed by atoms with Crippen LogP contribution >= 0.6 is 34.8 Å². The smallest absolute Gasteiger partial charge is 0.277 e. The van der Waals surface area contributed by atoms with E-state index in [1.807, 2.05) is 31.2 Å². The summed E-state index contributed by atoms with van der Waals surface area (Å²) in [7, 11) is 0. The van der Waals surface area contributed by atoms with Crippen LogP contribution in [0.4, 0.5) is 5.82 Å². The Morgan fingerprint density at radius 3 is 2.56 bits per heavy atom. The standard InChI is InChI=1S/C22H18Cl3N5O2/c1-14-2-7-17(24)20(10-14)32-13-29-9-8-19(27-29)22(31)26-21-18(25)12-30(28-21)11-15-3-5-16(23)6-4-15/h2-10,12H,11,13H2,1H3,(H,26,28,31). The van der Waals surface area contributed by atoms with Gasteiger partial charge in [0.2, 0.25) is 0 Å². The molecule has 4 aromatic rings. The van der Waals surface area contributed by atoms with Crippen molar-refractivity contribution in [3.05, 3.63) is 92.8 Å². The molecule has 0 atom stereocenters. The maximum absolute atomic E-state index is 12.6. The number of aryl methyl sites for hydroxylation is 1. The maximum atomic E-state index is 12.6. The van der Waals surface area contributed by atoms with Crippen molar-refractivity contribution < 1.29 is 9.53 Å². The molecule has 0 aliphatic rings. The topological polar surface area (TPSA) is 74.0 Å². The zero-order valence-corrected chi connectivity index (χ0v) is 19.2. The Labute approximate surface area is 199 Å². The van der Waals surface area contributed by atoms with Gasteiger partial charge in [0.15, 0.2) is 18.2 Å². The summed E-state index contributed by atoms with van der Waals surface area (Å²) < 4.78 is 8.83.